The minimum absolute atomic E-state index is 0.109. The number of nitrogens with zero attached hydrogens (tertiary/aromatic N) is 2. The van der Waals surface area contributed by atoms with Gasteiger partial charge in [0.15, 0.2) is 17.6 Å². The smallest absolute Gasteiger partial charge is 0.325 e. The number of hydrogen-bond donors (Lipinski definition) is 1. The maximum atomic E-state index is 13.8. The number of esters is 1. The fourth-order valence-electron chi connectivity index (χ4n) is 3.90. The highest BCUT2D eigenvalue weighted by molar-refractivity contribution is 9.10. The van der Waals surface area contributed by atoms with Gasteiger partial charge in [-0.2, -0.15) is 0 Å². The van der Waals surface area contributed by atoms with Crippen LogP contribution >= 0.6 is 15.9 Å². The van der Waals surface area contributed by atoms with E-state index in [2.05, 4.69) is 26.2 Å². The van der Waals surface area contributed by atoms with E-state index < -0.39 is 29.6 Å². The normalized spacial score (nSPS) is 17.7. The molecule has 2 amide bonds. The number of nitrogens with one attached hydrogen (secondary N) is 1. The lowest BCUT2D eigenvalue weighted by Gasteiger charge is -2.31. The Balaban J connectivity index is 2.09. The quantitative estimate of drug-likeness (QED) is 0.512. The monoisotopic (exact) mass is 561 g/mol. The predicted molar refractivity (Wildman–Crippen MR) is 136 cm³/mol. The highest BCUT2D eigenvalue weighted by atomic mass is 79.9. The van der Waals surface area contributed by atoms with Crippen LogP contribution in [0.25, 0.3) is 0 Å². The van der Waals surface area contributed by atoms with Gasteiger partial charge in [-0.3, -0.25) is 19.4 Å². The van der Waals surface area contributed by atoms with Crippen molar-refractivity contribution >= 4 is 33.7 Å². The fraction of sp³-hybridized carbons (Fsp3) is 0.462. The zero-order valence-corrected chi connectivity index (χ0v) is 22.9. The van der Waals surface area contributed by atoms with Gasteiger partial charge in [0.05, 0.1) is 7.11 Å². The minimum Gasteiger partial charge on any atom is -0.493 e. The van der Waals surface area contributed by atoms with Gasteiger partial charge in [-0.1, -0.05) is 35.8 Å². The highest BCUT2D eigenvalue weighted by Crippen LogP contribution is 2.44. The second kappa shape index (κ2) is 11.3. The average Bonchev–Trinajstić information content (AvgIpc) is 2.91. The molecule has 1 aliphatic heterocycles. The van der Waals surface area contributed by atoms with Crippen LogP contribution in [0.2, 0.25) is 0 Å². The van der Waals surface area contributed by atoms with E-state index >= 15 is 0 Å². The maximum Gasteiger partial charge on any atom is 0.325 e. The first-order valence-electron chi connectivity index (χ1n) is 11.6. The molecule has 0 aliphatic carbocycles. The van der Waals surface area contributed by atoms with Crippen molar-refractivity contribution in [3.63, 3.8) is 0 Å². The van der Waals surface area contributed by atoms with E-state index in [1.54, 1.807) is 51.4 Å². The highest BCUT2D eigenvalue weighted by Gasteiger charge is 2.43. The maximum absolute atomic E-state index is 13.8. The molecule has 0 spiro atoms. The number of carbonyl (C=O) groups is 3. The lowest BCUT2D eigenvalue weighted by atomic mass is 10.0. The molecule has 1 N–H and O–H groups in total. The summed E-state index contributed by atoms with van der Waals surface area (Å²) >= 11 is 3.47. The second-order valence-corrected chi connectivity index (χ2v) is 10.8. The predicted octanol–water partition coefficient (Wildman–Crippen LogP) is 3.80. The molecular weight excluding hydrogens is 530 g/mol. The van der Waals surface area contributed by atoms with Gasteiger partial charge in [0.1, 0.15) is 18.2 Å². The Morgan fingerprint density at radius 1 is 1.28 bits per heavy atom. The number of carbonyl (C=O) groups excluding carboxylic acids is 3. The van der Waals surface area contributed by atoms with Gasteiger partial charge >= 0.3 is 5.97 Å². The number of rotatable bonds is 7. The summed E-state index contributed by atoms with van der Waals surface area (Å²) < 4.78 is 17.7. The molecule has 0 saturated carbocycles. The first kappa shape index (κ1) is 27.4. The van der Waals surface area contributed by atoms with E-state index in [1.807, 2.05) is 19.9 Å². The zero-order chi connectivity index (χ0) is 26.6. The lowest BCUT2D eigenvalue weighted by molar-refractivity contribution is -0.155. The molecule has 1 aromatic carbocycles. The third kappa shape index (κ3) is 6.54. The Kier molecular flexibility index (Phi) is 8.60. The third-order valence-electron chi connectivity index (χ3n) is 5.40. The Hall–Kier alpha value is -3.14. The molecule has 0 saturated heterocycles. The van der Waals surface area contributed by atoms with Gasteiger partial charge in [0, 0.05) is 29.0 Å². The molecular formula is C26H32BrN3O6. The van der Waals surface area contributed by atoms with Crippen molar-refractivity contribution in [2.24, 2.45) is 5.92 Å². The van der Waals surface area contributed by atoms with Crippen LogP contribution < -0.4 is 14.8 Å². The standard InChI is InChI=1S/C26H32BrN3O6/c1-15(2)22-25(33)30(14-16-8-7-9-28-12-16)21(24(32)29-13-20(31)36-26(3,4)5)18-10-17(27)11-19(34-6)23(18)35-22/h7-12,15,21-22H,13-14H2,1-6H3,(H,29,32). The van der Waals surface area contributed by atoms with Gasteiger partial charge in [0.2, 0.25) is 5.91 Å². The number of aromatic nitrogens is 1. The number of halogens is 1. The Morgan fingerprint density at radius 3 is 2.58 bits per heavy atom. The molecule has 2 atom stereocenters. The van der Waals surface area contributed by atoms with Gasteiger partial charge in [-0.15, -0.1) is 0 Å². The number of fused-ring (bicyclic) bond motifs is 1. The van der Waals surface area contributed by atoms with E-state index in [0.29, 0.717) is 21.5 Å². The number of amides is 2. The van der Waals surface area contributed by atoms with E-state index in [4.69, 9.17) is 14.2 Å². The summed E-state index contributed by atoms with van der Waals surface area (Å²) in [6.07, 6.45) is 2.41. The van der Waals surface area contributed by atoms with E-state index in [9.17, 15) is 14.4 Å². The number of hydrogen-bond acceptors (Lipinski definition) is 7. The Bertz CT molecular complexity index is 1120. The summed E-state index contributed by atoms with van der Waals surface area (Å²) in [4.78, 5) is 45.4. The molecule has 0 radical (unpaired) electrons. The largest absolute Gasteiger partial charge is 0.493 e. The molecule has 1 aliphatic rings. The minimum atomic E-state index is -1.11. The number of ether oxygens (including phenoxy) is 3. The molecule has 1 aromatic heterocycles. The summed E-state index contributed by atoms with van der Waals surface area (Å²) in [7, 11) is 1.49. The SMILES string of the molecule is COc1cc(Br)cc2c1OC(C(C)C)C(=O)N(Cc1cccnc1)C2C(=O)NCC(=O)OC(C)(C)C. The van der Waals surface area contributed by atoms with Crippen LogP contribution in [0.4, 0.5) is 0 Å². The van der Waals surface area contributed by atoms with Crippen molar-refractivity contribution in [1.82, 2.24) is 15.2 Å². The molecule has 194 valence electrons. The molecule has 0 fully saturated rings. The van der Waals surface area contributed by atoms with Crippen LogP contribution in [-0.4, -0.2) is 53.0 Å². The van der Waals surface area contributed by atoms with Crippen LogP contribution in [0.5, 0.6) is 11.5 Å². The van der Waals surface area contributed by atoms with Gasteiger partial charge in [-0.25, -0.2) is 0 Å². The van der Waals surface area contributed by atoms with E-state index in [-0.39, 0.29) is 24.9 Å². The summed E-state index contributed by atoms with van der Waals surface area (Å²) in [5.41, 5.74) is 0.474. The summed E-state index contributed by atoms with van der Waals surface area (Å²) in [5, 5.41) is 2.65. The van der Waals surface area contributed by atoms with E-state index in [1.165, 1.54) is 12.0 Å². The second-order valence-electron chi connectivity index (χ2n) is 9.84. The van der Waals surface area contributed by atoms with Crippen LogP contribution in [0, 0.1) is 5.92 Å². The molecule has 9 nitrogen and oxygen atoms in total. The lowest BCUT2D eigenvalue weighted by Crippen LogP contribution is -2.48. The number of benzene rings is 1. The van der Waals surface area contributed by atoms with Gasteiger partial charge in [-0.05, 0) is 50.5 Å². The molecule has 36 heavy (non-hydrogen) atoms. The van der Waals surface area contributed by atoms with Crippen LogP contribution in [-0.2, 0) is 25.7 Å². The van der Waals surface area contributed by atoms with Gasteiger partial charge < -0.3 is 24.4 Å². The number of pyridine rings is 1. The van der Waals surface area contributed by atoms with Crippen molar-refractivity contribution in [2.75, 3.05) is 13.7 Å². The molecule has 2 heterocycles. The summed E-state index contributed by atoms with van der Waals surface area (Å²) in [6.45, 7) is 8.74. The molecule has 0 bridgehead atoms. The van der Waals surface area contributed by atoms with Crippen molar-refractivity contribution in [3.05, 3.63) is 52.3 Å². The number of methoxy groups -OCH3 is 1. The first-order chi connectivity index (χ1) is 16.9. The molecule has 3 rings (SSSR count). The fourth-order valence-corrected chi connectivity index (χ4v) is 4.36. The topological polar surface area (TPSA) is 107 Å². The molecule has 2 unspecified atom stereocenters. The van der Waals surface area contributed by atoms with Crippen molar-refractivity contribution in [1.29, 1.82) is 0 Å². The molecule has 10 heteroatoms. The van der Waals surface area contributed by atoms with Crippen molar-refractivity contribution in [2.45, 2.75) is 58.9 Å². The Labute approximate surface area is 219 Å². The van der Waals surface area contributed by atoms with E-state index in [0.717, 1.165) is 5.56 Å². The summed E-state index contributed by atoms with van der Waals surface area (Å²) in [6, 6.07) is 5.92. The Morgan fingerprint density at radius 2 is 2.00 bits per heavy atom. The average molecular weight is 562 g/mol. The zero-order valence-electron chi connectivity index (χ0n) is 21.3. The van der Waals surface area contributed by atoms with Crippen LogP contribution in [0.15, 0.2) is 41.1 Å². The van der Waals surface area contributed by atoms with Crippen LogP contribution in [0.1, 0.15) is 51.8 Å². The third-order valence-corrected chi connectivity index (χ3v) is 5.86. The van der Waals surface area contributed by atoms with Gasteiger partial charge in [0.25, 0.3) is 5.91 Å². The van der Waals surface area contributed by atoms with Crippen LogP contribution in [0.3, 0.4) is 0 Å². The van der Waals surface area contributed by atoms with Crippen molar-refractivity contribution < 1.29 is 28.6 Å². The first-order valence-corrected chi connectivity index (χ1v) is 12.4. The summed E-state index contributed by atoms with van der Waals surface area (Å²) in [5.74, 6) is -1.00. The van der Waals surface area contributed by atoms with Crippen molar-refractivity contribution in [3.8, 4) is 11.5 Å². The molecule has 2 aromatic rings.